The number of rotatable bonds is 3. The highest BCUT2D eigenvalue weighted by atomic mass is 16.1. The van der Waals surface area contributed by atoms with E-state index in [1.54, 1.807) is 24.3 Å². The molecule has 0 radical (unpaired) electrons. The lowest BCUT2D eigenvalue weighted by atomic mass is 10.1. The highest BCUT2D eigenvalue weighted by Crippen LogP contribution is 2.11. The maximum atomic E-state index is 10.1. The van der Waals surface area contributed by atoms with Gasteiger partial charge < -0.3 is 15.9 Å². The van der Waals surface area contributed by atoms with Gasteiger partial charge >= 0.3 is 0 Å². The van der Waals surface area contributed by atoms with Crippen molar-refractivity contribution < 1.29 is 4.79 Å². The minimum Gasteiger partial charge on any atom is -0.398 e. The lowest BCUT2D eigenvalue weighted by Gasteiger charge is -2.02. The highest BCUT2D eigenvalue weighted by molar-refractivity contribution is 6.07. The Morgan fingerprint density at radius 1 is 1.50 bits per heavy atom. The predicted octanol–water partition coefficient (Wildman–Crippen LogP) is 1.23. The number of aldehydes is 1. The number of carbonyl (C=O) groups is 1. The van der Waals surface area contributed by atoms with Gasteiger partial charge in [0, 0.05) is 23.4 Å². The third-order valence-corrected chi connectivity index (χ3v) is 1.57. The molecule has 3 nitrogen and oxygen atoms in total. The van der Waals surface area contributed by atoms with Crippen molar-refractivity contribution in [3.05, 3.63) is 29.8 Å². The maximum Gasteiger partial charge on any atom is 0.125 e. The first-order valence-corrected chi connectivity index (χ1v) is 3.61. The maximum absolute atomic E-state index is 10.1. The molecule has 0 atom stereocenters. The van der Waals surface area contributed by atoms with E-state index in [0.717, 1.165) is 0 Å². The second-order valence-corrected chi connectivity index (χ2v) is 2.44. The molecule has 1 aromatic rings. The highest BCUT2D eigenvalue weighted by Gasteiger charge is 2.02. The molecule has 0 fully saturated rings. The predicted molar refractivity (Wildman–Crippen MR) is 48.4 cm³/mol. The lowest BCUT2D eigenvalue weighted by Crippen LogP contribution is -2.03. The molecule has 0 aromatic heterocycles. The van der Waals surface area contributed by atoms with E-state index in [0.29, 0.717) is 17.5 Å². The number of hydrogen-bond acceptors (Lipinski definition) is 3. The number of nitrogens with two attached hydrogens (primary N) is 1. The molecule has 0 amide bonds. The second kappa shape index (κ2) is 3.67. The van der Waals surface area contributed by atoms with Crippen molar-refractivity contribution in [1.82, 2.24) is 0 Å². The van der Waals surface area contributed by atoms with Gasteiger partial charge in [-0.05, 0) is 6.07 Å². The van der Waals surface area contributed by atoms with Gasteiger partial charge in [0.25, 0.3) is 0 Å². The largest absolute Gasteiger partial charge is 0.398 e. The first kappa shape index (κ1) is 8.46. The number of hydrogen-bond donors (Lipinski definition) is 2. The Morgan fingerprint density at radius 3 is 2.75 bits per heavy atom. The molecular formula is C9H10N2O. The molecule has 62 valence electrons. The van der Waals surface area contributed by atoms with Crippen molar-refractivity contribution >= 4 is 17.7 Å². The van der Waals surface area contributed by atoms with E-state index in [2.05, 4.69) is 0 Å². The number of benzene rings is 1. The number of nitrogens with one attached hydrogen (secondary N) is 1. The molecule has 12 heavy (non-hydrogen) atoms. The first-order chi connectivity index (χ1) is 5.75. The Bertz CT molecular complexity index is 307. The molecule has 0 aliphatic rings. The Labute approximate surface area is 70.7 Å². The zero-order chi connectivity index (χ0) is 8.97. The van der Waals surface area contributed by atoms with Crippen molar-refractivity contribution in [2.45, 2.75) is 6.42 Å². The second-order valence-electron chi connectivity index (χ2n) is 2.44. The van der Waals surface area contributed by atoms with Crippen LogP contribution in [0, 0.1) is 5.41 Å². The summed E-state index contributed by atoms with van der Waals surface area (Å²) in [6.45, 7) is 0. The molecule has 1 rings (SSSR count). The summed E-state index contributed by atoms with van der Waals surface area (Å²) in [5.41, 5.74) is 7.05. The number of carbonyl (C=O) groups excluding carboxylic acids is 1. The van der Waals surface area contributed by atoms with Crippen molar-refractivity contribution in [1.29, 1.82) is 5.41 Å². The minimum atomic E-state index is 0.119. The van der Waals surface area contributed by atoms with E-state index in [9.17, 15) is 4.79 Å². The Balaban J connectivity index is 2.94. The third kappa shape index (κ3) is 1.69. The summed E-state index contributed by atoms with van der Waals surface area (Å²) < 4.78 is 0. The quantitative estimate of drug-likeness (QED) is 0.398. The number of nitrogen functional groups attached to an aromatic ring is 1. The van der Waals surface area contributed by atoms with Crippen LogP contribution in [-0.4, -0.2) is 12.0 Å². The van der Waals surface area contributed by atoms with Crippen LogP contribution in [0.3, 0.4) is 0 Å². The SMILES string of the molecule is N=C(CC=O)c1ccccc1N. The summed E-state index contributed by atoms with van der Waals surface area (Å²) in [7, 11) is 0. The van der Waals surface area contributed by atoms with Crippen LogP contribution in [-0.2, 0) is 4.79 Å². The fourth-order valence-electron chi connectivity index (χ4n) is 0.965. The smallest absolute Gasteiger partial charge is 0.125 e. The Kier molecular flexibility index (Phi) is 2.58. The number of anilines is 1. The van der Waals surface area contributed by atoms with Gasteiger partial charge in [-0.2, -0.15) is 0 Å². The molecule has 3 N–H and O–H groups in total. The van der Waals surface area contributed by atoms with Gasteiger partial charge in [-0.15, -0.1) is 0 Å². The van der Waals surface area contributed by atoms with Gasteiger partial charge in [-0.3, -0.25) is 0 Å². The summed E-state index contributed by atoms with van der Waals surface area (Å²) in [6, 6.07) is 7.05. The van der Waals surface area contributed by atoms with Crippen LogP contribution in [0.5, 0.6) is 0 Å². The topological polar surface area (TPSA) is 66.9 Å². The van der Waals surface area contributed by atoms with Gasteiger partial charge in [0.1, 0.15) is 6.29 Å². The zero-order valence-electron chi connectivity index (χ0n) is 6.58. The summed E-state index contributed by atoms with van der Waals surface area (Å²) in [6.07, 6.45) is 0.822. The van der Waals surface area contributed by atoms with Crippen molar-refractivity contribution in [2.75, 3.05) is 5.73 Å². The molecule has 0 bridgehead atoms. The van der Waals surface area contributed by atoms with E-state index in [4.69, 9.17) is 11.1 Å². The summed E-state index contributed by atoms with van der Waals surface area (Å²) in [4.78, 5) is 10.1. The molecule has 3 heteroatoms. The van der Waals surface area contributed by atoms with Crippen molar-refractivity contribution in [2.24, 2.45) is 0 Å². The van der Waals surface area contributed by atoms with E-state index in [1.165, 1.54) is 0 Å². The fourth-order valence-corrected chi connectivity index (χ4v) is 0.965. The molecule has 0 aliphatic heterocycles. The van der Waals surface area contributed by atoms with Crippen LogP contribution in [0.4, 0.5) is 5.69 Å². The average Bonchev–Trinajstić information content (AvgIpc) is 2.05. The first-order valence-electron chi connectivity index (χ1n) is 3.61. The molecule has 0 spiro atoms. The molecule has 0 unspecified atom stereocenters. The normalized spacial score (nSPS) is 9.33. The monoisotopic (exact) mass is 162 g/mol. The van der Waals surface area contributed by atoms with Crippen LogP contribution in [0.25, 0.3) is 0 Å². The van der Waals surface area contributed by atoms with E-state index in [-0.39, 0.29) is 12.1 Å². The van der Waals surface area contributed by atoms with Crippen LogP contribution in [0.15, 0.2) is 24.3 Å². The van der Waals surface area contributed by atoms with E-state index in [1.807, 2.05) is 0 Å². The standard InChI is InChI=1S/C9H10N2O/c10-8-4-2-1-3-7(8)9(11)5-6-12/h1-4,6,11H,5,10H2. The van der Waals surface area contributed by atoms with Gasteiger partial charge in [0.15, 0.2) is 0 Å². The van der Waals surface area contributed by atoms with Crippen LogP contribution >= 0.6 is 0 Å². The average molecular weight is 162 g/mol. The summed E-state index contributed by atoms with van der Waals surface area (Å²) in [5.74, 6) is 0. The van der Waals surface area contributed by atoms with Gasteiger partial charge in [0.05, 0.1) is 0 Å². The molecule has 1 aromatic carbocycles. The molecule has 0 saturated carbocycles. The van der Waals surface area contributed by atoms with E-state index < -0.39 is 0 Å². The van der Waals surface area contributed by atoms with E-state index >= 15 is 0 Å². The van der Waals surface area contributed by atoms with Crippen LogP contribution in [0.2, 0.25) is 0 Å². The number of para-hydroxylation sites is 1. The Morgan fingerprint density at radius 2 is 2.17 bits per heavy atom. The van der Waals surface area contributed by atoms with Crippen LogP contribution in [0.1, 0.15) is 12.0 Å². The van der Waals surface area contributed by atoms with Crippen LogP contribution < -0.4 is 5.73 Å². The summed E-state index contributed by atoms with van der Waals surface area (Å²) >= 11 is 0. The molecule has 0 aliphatic carbocycles. The van der Waals surface area contributed by atoms with Gasteiger partial charge in [0.2, 0.25) is 0 Å². The van der Waals surface area contributed by atoms with Crippen molar-refractivity contribution in [3.63, 3.8) is 0 Å². The molecular weight excluding hydrogens is 152 g/mol. The van der Waals surface area contributed by atoms with Crippen molar-refractivity contribution in [3.8, 4) is 0 Å². The Hall–Kier alpha value is -1.64. The third-order valence-electron chi connectivity index (χ3n) is 1.57. The fraction of sp³-hybridized carbons (Fsp3) is 0.111. The summed E-state index contributed by atoms with van der Waals surface area (Å²) in [5, 5.41) is 7.46. The van der Waals surface area contributed by atoms with Gasteiger partial charge in [-0.1, -0.05) is 18.2 Å². The minimum absolute atomic E-state index is 0.119. The van der Waals surface area contributed by atoms with Gasteiger partial charge in [-0.25, -0.2) is 0 Å². The molecule has 0 saturated heterocycles. The zero-order valence-corrected chi connectivity index (χ0v) is 6.58. The lowest BCUT2D eigenvalue weighted by molar-refractivity contribution is -0.106. The molecule has 0 heterocycles.